The van der Waals surface area contributed by atoms with Crippen LogP contribution in [0, 0.1) is 0 Å². The highest BCUT2D eigenvalue weighted by molar-refractivity contribution is 5.75. The van der Waals surface area contributed by atoms with Crippen molar-refractivity contribution in [3.63, 3.8) is 0 Å². The van der Waals surface area contributed by atoms with Gasteiger partial charge in [0.1, 0.15) is 0 Å². The van der Waals surface area contributed by atoms with Crippen LogP contribution in [0.5, 0.6) is 0 Å². The Morgan fingerprint density at radius 3 is 2.45 bits per heavy atom. The minimum absolute atomic E-state index is 0.0338. The van der Waals surface area contributed by atoms with Crippen LogP contribution in [-0.2, 0) is 0 Å². The Bertz CT molecular complexity index is 453. The number of nitrogens with one attached hydrogen (secondary N) is 1. The van der Waals surface area contributed by atoms with E-state index < -0.39 is 0 Å². The molecule has 4 nitrogen and oxygen atoms in total. The fourth-order valence-electron chi connectivity index (χ4n) is 2.49. The molecule has 0 saturated carbocycles. The minimum atomic E-state index is -0.192. The van der Waals surface area contributed by atoms with Crippen LogP contribution >= 0.6 is 0 Å². The first-order chi connectivity index (χ1) is 9.37. The maximum atomic E-state index is 12.3. The molecular weight excluding hydrogens is 250 g/mol. The van der Waals surface area contributed by atoms with Crippen molar-refractivity contribution in [3.8, 4) is 0 Å². The van der Waals surface area contributed by atoms with Crippen LogP contribution in [-0.4, -0.2) is 48.1 Å². The third kappa shape index (κ3) is 3.73. The van der Waals surface area contributed by atoms with Gasteiger partial charge in [-0.15, -0.1) is 0 Å². The zero-order chi connectivity index (χ0) is 14.8. The number of carbonyl (C=O) groups is 1. The van der Waals surface area contributed by atoms with Gasteiger partial charge >= 0.3 is 6.03 Å². The van der Waals surface area contributed by atoms with Crippen LogP contribution in [0.3, 0.4) is 0 Å². The Morgan fingerprint density at radius 2 is 1.85 bits per heavy atom. The summed E-state index contributed by atoms with van der Waals surface area (Å²) >= 11 is 0. The molecule has 0 aromatic heterocycles. The van der Waals surface area contributed by atoms with E-state index in [1.807, 2.05) is 31.7 Å². The van der Waals surface area contributed by atoms with Crippen molar-refractivity contribution in [3.05, 3.63) is 35.9 Å². The second-order valence-electron chi connectivity index (χ2n) is 6.53. The van der Waals surface area contributed by atoms with E-state index in [-0.39, 0.29) is 17.6 Å². The summed E-state index contributed by atoms with van der Waals surface area (Å²) < 4.78 is 0. The predicted octanol–water partition coefficient (Wildman–Crippen LogP) is 2.48. The maximum Gasteiger partial charge on any atom is 0.317 e. The fourth-order valence-corrected chi connectivity index (χ4v) is 2.49. The van der Waals surface area contributed by atoms with Crippen molar-refractivity contribution in [2.75, 3.05) is 26.7 Å². The molecule has 0 spiro atoms. The number of likely N-dealkylation sites (N-methyl/N-ethyl adjacent to an activating group) is 1. The Kier molecular flexibility index (Phi) is 4.33. The summed E-state index contributed by atoms with van der Waals surface area (Å²) in [7, 11) is 2.12. The lowest BCUT2D eigenvalue weighted by Gasteiger charge is -2.40. The molecule has 1 aliphatic heterocycles. The van der Waals surface area contributed by atoms with E-state index in [2.05, 4.69) is 41.5 Å². The van der Waals surface area contributed by atoms with E-state index in [9.17, 15) is 4.79 Å². The Morgan fingerprint density at radius 1 is 1.20 bits per heavy atom. The fraction of sp³-hybridized carbons (Fsp3) is 0.562. The molecule has 1 aromatic rings. The lowest BCUT2D eigenvalue weighted by Crippen LogP contribution is -2.55. The average molecular weight is 275 g/mol. The SMILES string of the molecule is CN1CCN(C(=O)NC(C)(C)C)CC1c1ccccc1. The van der Waals surface area contributed by atoms with Crippen molar-refractivity contribution in [2.45, 2.75) is 32.4 Å². The molecule has 1 aromatic carbocycles. The van der Waals surface area contributed by atoms with Crippen LogP contribution in [0.15, 0.2) is 30.3 Å². The molecular formula is C16H25N3O. The number of nitrogens with zero attached hydrogens (tertiary/aromatic N) is 2. The van der Waals surface area contributed by atoms with E-state index in [0.29, 0.717) is 0 Å². The van der Waals surface area contributed by atoms with Crippen LogP contribution in [0.25, 0.3) is 0 Å². The predicted molar refractivity (Wildman–Crippen MR) is 81.7 cm³/mol. The summed E-state index contributed by atoms with van der Waals surface area (Å²) in [5, 5.41) is 3.04. The molecule has 0 aliphatic carbocycles. The van der Waals surface area contributed by atoms with Crippen molar-refractivity contribution < 1.29 is 4.79 Å². The van der Waals surface area contributed by atoms with Gasteiger partial charge in [-0.2, -0.15) is 0 Å². The van der Waals surface area contributed by atoms with Gasteiger partial charge in [-0.25, -0.2) is 4.79 Å². The summed E-state index contributed by atoms with van der Waals surface area (Å²) in [6.07, 6.45) is 0. The van der Waals surface area contributed by atoms with Gasteiger partial charge in [0.25, 0.3) is 0 Å². The van der Waals surface area contributed by atoms with Gasteiger partial charge in [-0.05, 0) is 33.4 Å². The zero-order valence-corrected chi connectivity index (χ0v) is 12.9. The van der Waals surface area contributed by atoms with E-state index in [1.54, 1.807) is 0 Å². The molecule has 110 valence electrons. The molecule has 1 N–H and O–H groups in total. The summed E-state index contributed by atoms with van der Waals surface area (Å²) in [6.45, 7) is 8.45. The lowest BCUT2D eigenvalue weighted by molar-refractivity contribution is 0.106. The van der Waals surface area contributed by atoms with E-state index in [4.69, 9.17) is 0 Å². The number of hydrogen-bond donors (Lipinski definition) is 1. The zero-order valence-electron chi connectivity index (χ0n) is 12.9. The number of piperazine rings is 1. The molecule has 1 atom stereocenters. The van der Waals surface area contributed by atoms with Gasteiger partial charge in [0.05, 0.1) is 6.04 Å². The molecule has 1 fully saturated rings. The third-order valence-corrected chi connectivity index (χ3v) is 3.60. The molecule has 1 unspecified atom stereocenters. The molecule has 0 bridgehead atoms. The summed E-state index contributed by atoms with van der Waals surface area (Å²) in [5.74, 6) is 0. The van der Waals surface area contributed by atoms with Crippen LogP contribution < -0.4 is 5.32 Å². The Balaban J connectivity index is 2.07. The second-order valence-corrected chi connectivity index (χ2v) is 6.53. The topological polar surface area (TPSA) is 35.6 Å². The first kappa shape index (κ1) is 14.9. The standard InChI is InChI=1S/C16H25N3O/c1-16(2,3)17-15(20)19-11-10-18(4)14(12-19)13-8-6-5-7-9-13/h5-9,14H,10-12H2,1-4H3,(H,17,20). The molecule has 1 heterocycles. The summed E-state index contributed by atoms with van der Waals surface area (Å²) in [6, 6.07) is 10.7. The van der Waals surface area contributed by atoms with Crippen molar-refractivity contribution in [1.29, 1.82) is 0 Å². The largest absolute Gasteiger partial charge is 0.333 e. The van der Waals surface area contributed by atoms with Gasteiger partial charge in [0.15, 0.2) is 0 Å². The first-order valence-electron chi connectivity index (χ1n) is 7.19. The molecule has 1 saturated heterocycles. The van der Waals surface area contributed by atoms with Gasteiger partial charge < -0.3 is 10.2 Å². The first-order valence-corrected chi connectivity index (χ1v) is 7.19. The second kappa shape index (κ2) is 5.83. The smallest absolute Gasteiger partial charge is 0.317 e. The number of rotatable bonds is 1. The Labute approximate surface area is 121 Å². The molecule has 1 aliphatic rings. The number of hydrogen-bond acceptors (Lipinski definition) is 2. The van der Waals surface area contributed by atoms with E-state index in [1.165, 1.54) is 5.56 Å². The van der Waals surface area contributed by atoms with Crippen LogP contribution in [0.1, 0.15) is 32.4 Å². The molecule has 0 radical (unpaired) electrons. The maximum absolute atomic E-state index is 12.3. The third-order valence-electron chi connectivity index (χ3n) is 3.60. The quantitative estimate of drug-likeness (QED) is 0.854. The van der Waals surface area contributed by atoms with Crippen LogP contribution in [0.2, 0.25) is 0 Å². The Hall–Kier alpha value is -1.55. The molecule has 20 heavy (non-hydrogen) atoms. The van der Waals surface area contributed by atoms with E-state index >= 15 is 0 Å². The van der Waals surface area contributed by atoms with Crippen molar-refractivity contribution in [2.24, 2.45) is 0 Å². The number of amides is 2. The number of urea groups is 1. The highest BCUT2D eigenvalue weighted by Gasteiger charge is 2.29. The van der Waals surface area contributed by atoms with Gasteiger partial charge in [-0.1, -0.05) is 30.3 Å². The lowest BCUT2D eigenvalue weighted by atomic mass is 10.0. The van der Waals surface area contributed by atoms with Crippen molar-refractivity contribution >= 4 is 6.03 Å². The highest BCUT2D eigenvalue weighted by atomic mass is 16.2. The van der Waals surface area contributed by atoms with Crippen LogP contribution in [0.4, 0.5) is 4.79 Å². The molecule has 2 amide bonds. The number of carbonyl (C=O) groups excluding carboxylic acids is 1. The number of benzene rings is 1. The highest BCUT2D eigenvalue weighted by Crippen LogP contribution is 2.23. The van der Waals surface area contributed by atoms with Gasteiger partial charge in [0.2, 0.25) is 0 Å². The summed E-state index contributed by atoms with van der Waals surface area (Å²) in [5.41, 5.74) is 1.08. The normalized spacial score (nSPS) is 20.8. The molecule has 2 rings (SSSR count). The summed E-state index contributed by atoms with van der Waals surface area (Å²) in [4.78, 5) is 16.5. The van der Waals surface area contributed by atoms with Gasteiger partial charge in [-0.3, -0.25) is 4.90 Å². The molecule has 4 heteroatoms. The van der Waals surface area contributed by atoms with E-state index in [0.717, 1.165) is 19.6 Å². The monoisotopic (exact) mass is 275 g/mol. The van der Waals surface area contributed by atoms with Gasteiger partial charge in [0, 0.05) is 25.2 Å². The minimum Gasteiger partial charge on any atom is -0.333 e. The van der Waals surface area contributed by atoms with Crippen molar-refractivity contribution in [1.82, 2.24) is 15.1 Å². The average Bonchev–Trinajstić information content (AvgIpc) is 2.38.